The second kappa shape index (κ2) is 9.90. The summed E-state index contributed by atoms with van der Waals surface area (Å²) in [5, 5.41) is 3.33. The minimum absolute atomic E-state index is 0.0370. The smallest absolute Gasteiger partial charge is 0.255 e. The van der Waals surface area contributed by atoms with Crippen molar-refractivity contribution in [1.82, 2.24) is 14.9 Å². The Morgan fingerprint density at radius 2 is 1.70 bits per heavy atom. The van der Waals surface area contributed by atoms with E-state index in [1.807, 2.05) is 48.4 Å². The van der Waals surface area contributed by atoms with Crippen molar-refractivity contribution in [3.63, 3.8) is 0 Å². The third-order valence-corrected chi connectivity index (χ3v) is 6.03. The summed E-state index contributed by atoms with van der Waals surface area (Å²) in [7, 11) is 1.66. The molecule has 1 amide bonds. The number of carbonyl (C=O) groups excluding carboxylic acids is 1. The largest absolute Gasteiger partial charge is 0.497 e. The molecule has 1 fully saturated rings. The van der Waals surface area contributed by atoms with Gasteiger partial charge in [0, 0.05) is 45.1 Å². The summed E-state index contributed by atoms with van der Waals surface area (Å²) in [4.78, 5) is 26.4. The number of carbonyl (C=O) groups is 1. The number of methoxy groups -OCH3 is 1. The normalized spacial score (nSPS) is 13.7. The number of benzene rings is 1. The average Bonchev–Trinajstić information content (AvgIpc) is 2.83. The maximum absolute atomic E-state index is 13.1. The van der Waals surface area contributed by atoms with Crippen LogP contribution in [0.3, 0.4) is 0 Å². The Balaban J connectivity index is 1.35. The molecule has 4 rings (SSSR count). The molecule has 0 bridgehead atoms. The highest BCUT2D eigenvalue weighted by atomic mass is 16.5. The highest BCUT2D eigenvalue weighted by Crippen LogP contribution is 2.21. The van der Waals surface area contributed by atoms with Crippen LogP contribution >= 0.6 is 0 Å². The molecule has 1 aromatic carbocycles. The lowest BCUT2D eigenvalue weighted by atomic mass is 10.1. The number of rotatable bonds is 6. The first kappa shape index (κ1) is 22.6. The number of anilines is 2. The number of aromatic nitrogens is 2. The summed E-state index contributed by atoms with van der Waals surface area (Å²) >= 11 is 0. The minimum Gasteiger partial charge on any atom is -0.497 e. The summed E-state index contributed by atoms with van der Waals surface area (Å²) in [5.74, 6) is 2.64. The van der Waals surface area contributed by atoms with Crippen molar-refractivity contribution in [2.24, 2.45) is 0 Å². The predicted octanol–water partition coefficient (Wildman–Crippen LogP) is 3.98. The van der Waals surface area contributed by atoms with E-state index in [2.05, 4.69) is 40.1 Å². The van der Waals surface area contributed by atoms with Crippen molar-refractivity contribution in [1.29, 1.82) is 0 Å². The van der Waals surface area contributed by atoms with Gasteiger partial charge >= 0.3 is 0 Å². The first-order valence-corrected chi connectivity index (χ1v) is 11.3. The van der Waals surface area contributed by atoms with E-state index in [-0.39, 0.29) is 5.91 Å². The predicted molar refractivity (Wildman–Crippen MR) is 131 cm³/mol. The fourth-order valence-electron chi connectivity index (χ4n) is 4.14. The van der Waals surface area contributed by atoms with Crippen LogP contribution in [-0.2, 0) is 6.54 Å². The SMILES string of the molecule is COc1ccc(CNc2cc(C)c(C(=O)N3CCN(c4ncc(C)cc4C)CC3)cn2)cc1. The Morgan fingerprint density at radius 3 is 2.33 bits per heavy atom. The molecular weight excluding hydrogens is 414 g/mol. The van der Waals surface area contributed by atoms with Gasteiger partial charge in [0.15, 0.2) is 0 Å². The summed E-state index contributed by atoms with van der Waals surface area (Å²) in [6.07, 6.45) is 3.59. The highest BCUT2D eigenvalue weighted by Gasteiger charge is 2.25. The van der Waals surface area contributed by atoms with Crippen LogP contribution in [0, 0.1) is 20.8 Å². The van der Waals surface area contributed by atoms with Crippen LogP contribution in [0.2, 0.25) is 0 Å². The van der Waals surface area contributed by atoms with E-state index in [0.717, 1.165) is 47.2 Å². The number of aryl methyl sites for hydroxylation is 3. The molecule has 0 spiro atoms. The molecule has 2 aromatic heterocycles. The third kappa shape index (κ3) is 5.25. The van der Waals surface area contributed by atoms with Crippen molar-refractivity contribution in [3.05, 3.63) is 76.6 Å². The maximum Gasteiger partial charge on any atom is 0.255 e. The minimum atomic E-state index is 0.0370. The molecule has 3 aromatic rings. The van der Waals surface area contributed by atoms with Gasteiger partial charge in [-0.3, -0.25) is 4.79 Å². The fourth-order valence-corrected chi connectivity index (χ4v) is 4.14. The van der Waals surface area contributed by atoms with Gasteiger partial charge in [0.25, 0.3) is 5.91 Å². The van der Waals surface area contributed by atoms with E-state index in [9.17, 15) is 4.79 Å². The average molecular weight is 446 g/mol. The van der Waals surface area contributed by atoms with E-state index in [1.165, 1.54) is 5.56 Å². The Kier molecular flexibility index (Phi) is 6.77. The van der Waals surface area contributed by atoms with Crippen molar-refractivity contribution in [3.8, 4) is 5.75 Å². The number of piperazine rings is 1. The van der Waals surface area contributed by atoms with Gasteiger partial charge in [0.1, 0.15) is 17.4 Å². The van der Waals surface area contributed by atoms with Gasteiger partial charge in [-0.15, -0.1) is 0 Å². The van der Waals surface area contributed by atoms with Gasteiger partial charge in [-0.2, -0.15) is 0 Å². The molecule has 1 aliphatic rings. The van der Waals surface area contributed by atoms with Crippen molar-refractivity contribution >= 4 is 17.5 Å². The topological polar surface area (TPSA) is 70.6 Å². The Morgan fingerprint density at radius 1 is 0.970 bits per heavy atom. The van der Waals surface area contributed by atoms with Gasteiger partial charge in [0.05, 0.1) is 12.7 Å². The maximum atomic E-state index is 13.1. The molecule has 7 heteroatoms. The summed E-state index contributed by atoms with van der Waals surface area (Å²) in [6, 6.07) is 12.0. The zero-order valence-corrected chi connectivity index (χ0v) is 19.8. The number of hydrogen-bond donors (Lipinski definition) is 1. The van der Waals surface area contributed by atoms with Crippen LogP contribution in [0.4, 0.5) is 11.6 Å². The number of nitrogens with one attached hydrogen (secondary N) is 1. The van der Waals surface area contributed by atoms with Gasteiger partial charge in [0.2, 0.25) is 0 Å². The lowest BCUT2D eigenvalue weighted by Crippen LogP contribution is -2.49. The van der Waals surface area contributed by atoms with Crippen molar-refractivity contribution in [2.75, 3.05) is 43.5 Å². The molecule has 1 aliphatic heterocycles. The Bertz CT molecular complexity index is 1120. The van der Waals surface area contributed by atoms with Crippen LogP contribution in [0.1, 0.15) is 32.6 Å². The molecule has 1 N–H and O–H groups in total. The molecule has 1 saturated heterocycles. The number of pyridine rings is 2. The van der Waals surface area contributed by atoms with E-state index < -0.39 is 0 Å². The van der Waals surface area contributed by atoms with E-state index >= 15 is 0 Å². The molecule has 0 aliphatic carbocycles. The Labute approximate surface area is 195 Å². The lowest BCUT2D eigenvalue weighted by Gasteiger charge is -2.36. The second-order valence-corrected chi connectivity index (χ2v) is 8.52. The number of nitrogens with zero attached hydrogens (tertiary/aromatic N) is 4. The van der Waals surface area contributed by atoms with Gasteiger partial charge < -0.3 is 19.9 Å². The first-order chi connectivity index (χ1) is 15.9. The monoisotopic (exact) mass is 445 g/mol. The van der Waals surface area contributed by atoms with Crippen molar-refractivity contribution in [2.45, 2.75) is 27.3 Å². The molecule has 3 heterocycles. The first-order valence-electron chi connectivity index (χ1n) is 11.3. The Hall–Kier alpha value is -3.61. The molecule has 172 valence electrons. The van der Waals surface area contributed by atoms with Crippen LogP contribution < -0.4 is 15.0 Å². The summed E-state index contributed by atoms with van der Waals surface area (Å²) < 4.78 is 5.20. The van der Waals surface area contributed by atoms with Crippen LogP contribution in [0.15, 0.2) is 48.8 Å². The zero-order valence-electron chi connectivity index (χ0n) is 19.8. The van der Waals surface area contributed by atoms with Gasteiger partial charge in [-0.1, -0.05) is 18.2 Å². The quantitative estimate of drug-likeness (QED) is 0.619. The number of amides is 1. The molecule has 33 heavy (non-hydrogen) atoms. The second-order valence-electron chi connectivity index (χ2n) is 8.52. The highest BCUT2D eigenvalue weighted by molar-refractivity contribution is 5.95. The molecule has 0 radical (unpaired) electrons. The van der Waals surface area contributed by atoms with Crippen molar-refractivity contribution < 1.29 is 9.53 Å². The third-order valence-electron chi connectivity index (χ3n) is 6.03. The zero-order chi connectivity index (χ0) is 23.4. The molecule has 0 saturated carbocycles. The summed E-state index contributed by atoms with van der Waals surface area (Å²) in [6.45, 7) is 9.65. The number of hydrogen-bond acceptors (Lipinski definition) is 6. The van der Waals surface area contributed by atoms with Gasteiger partial charge in [-0.25, -0.2) is 9.97 Å². The van der Waals surface area contributed by atoms with E-state index in [4.69, 9.17) is 4.74 Å². The van der Waals surface area contributed by atoms with Crippen LogP contribution in [0.5, 0.6) is 5.75 Å². The van der Waals surface area contributed by atoms with Crippen LogP contribution in [0.25, 0.3) is 0 Å². The lowest BCUT2D eigenvalue weighted by molar-refractivity contribution is 0.0745. The molecule has 0 atom stereocenters. The van der Waals surface area contributed by atoms with Crippen LogP contribution in [-0.4, -0.2) is 54.1 Å². The standard InChI is InChI=1S/C26H31N5O2/c1-18-13-20(3)25(29-15-18)30-9-11-31(12-10-30)26(32)23-17-28-24(14-19(23)2)27-16-21-5-7-22(33-4)8-6-21/h5-8,13-15,17H,9-12,16H2,1-4H3,(H,27,28). The summed E-state index contributed by atoms with van der Waals surface area (Å²) in [5.41, 5.74) is 5.04. The fraction of sp³-hybridized carbons (Fsp3) is 0.346. The number of ether oxygens (including phenoxy) is 1. The van der Waals surface area contributed by atoms with E-state index in [1.54, 1.807) is 13.3 Å². The molecular formula is C26H31N5O2. The molecule has 7 nitrogen and oxygen atoms in total. The van der Waals surface area contributed by atoms with Gasteiger partial charge in [-0.05, 0) is 61.2 Å². The molecule has 0 unspecified atom stereocenters. The van der Waals surface area contributed by atoms with E-state index in [0.29, 0.717) is 25.2 Å².